The maximum atomic E-state index is 11.1. The smallest absolute Gasteiger partial charge is 0.305 e. The van der Waals surface area contributed by atoms with Crippen molar-refractivity contribution >= 4 is 11.7 Å². The second-order valence-corrected chi connectivity index (χ2v) is 4.14. The monoisotopic (exact) mass is 267 g/mol. The normalized spacial score (nSPS) is 9.89. The zero-order valence-corrected chi connectivity index (χ0v) is 11.9. The zero-order valence-electron chi connectivity index (χ0n) is 11.9. The third-order valence-electron chi connectivity index (χ3n) is 2.90. The van der Waals surface area contributed by atoms with E-state index >= 15 is 0 Å². The van der Waals surface area contributed by atoms with E-state index in [2.05, 4.69) is 4.74 Å². The molecule has 0 radical (unpaired) electrons. The van der Waals surface area contributed by atoms with E-state index in [1.165, 1.54) is 7.11 Å². The lowest BCUT2D eigenvalue weighted by Gasteiger charge is -2.22. The van der Waals surface area contributed by atoms with Crippen molar-refractivity contribution in [1.29, 1.82) is 0 Å². The van der Waals surface area contributed by atoms with E-state index in [0.29, 0.717) is 6.42 Å². The summed E-state index contributed by atoms with van der Waals surface area (Å²) in [5.41, 5.74) is 0.966. The average molecular weight is 267 g/mol. The van der Waals surface area contributed by atoms with Crippen LogP contribution in [0.1, 0.15) is 12.8 Å². The van der Waals surface area contributed by atoms with Crippen LogP contribution in [0.4, 0.5) is 5.69 Å². The third kappa shape index (κ3) is 4.35. The molecular weight excluding hydrogens is 246 g/mol. The summed E-state index contributed by atoms with van der Waals surface area (Å²) < 4.78 is 15.1. The number of anilines is 1. The molecule has 1 aromatic carbocycles. The summed E-state index contributed by atoms with van der Waals surface area (Å²) >= 11 is 0. The molecule has 0 heterocycles. The molecule has 19 heavy (non-hydrogen) atoms. The summed E-state index contributed by atoms with van der Waals surface area (Å²) in [4.78, 5) is 13.1. The molecule has 0 aromatic heterocycles. The molecular formula is C14H21NO4. The van der Waals surface area contributed by atoms with Crippen LogP contribution < -0.4 is 14.4 Å². The van der Waals surface area contributed by atoms with Gasteiger partial charge in [-0.1, -0.05) is 0 Å². The van der Waals surface area contributed by atoms with Gasteiger partial charge >= 0.3 is 5.97 Å². The Bertz CT molecular complexity index is 420. The summed E-state index contributed by atoms with van der Waals surface area (Å²) in [6, 6.07) is 5.66. The van der Waals surface area contributed by atoms with E-state index in [1.807, 2.05) is 30.1 Å². The van der Waals surface area contributed by atoms with Crippen molar-refractivity contribution in [3.05, 3.63) is 18.2 Å². The molecule has 0 N–H and O–H groups in total. The Morgan fingerprint density at radius 1 is 1.21 bits per heavy atom. The largest absolute Gasteiger partial charge is 0.497 e. The first-order valence-corrected chi connectivity index (χ1v) is 6.12. The number of rotatable bonds is 7. The molecule has 0 fully saturated rings. The van der Waals surface area contributed by atoms with Gasteiger partial charge in [0, 0.05) is 26.1 Å². The molecule has 0 aliphatic heterocycles. The SMILES string of the molecule is COC(=O)CCCN(C)c1ccc(OC)cc1OC. The van der Waals surface area contributed by atoms with Gasteiger partial charge in [0.15, 0.2) is 0 Å². The fourth-order valence-corrected chi connectivity index (χ4v) is 1.78. The first kappa shape index (κ1) is 15.1. The molecule has 106 valence electrons. The molecule has 0 saturated carbocycles. The van der Waals surface area contributed by atoms with Gasteiger partial charge in [-0.25, -0.2) is 0 Å². The van der Waals surface area contributed by atoms with Gasteiger partial charge in [-0.2, -0.15) is 0 Å². The lowest BCUT2D eigenvalue weighted by Crippen LogP contribution is -2.20. The van der Waals surface area contributed by atoms with Crippen molar-refractivity contribution in [2.24, 2.45) is 0 Å². The fourth-order valence-electron chi connectivity index (χ4n) is 1.78. The predicted octanol–water partition coefficient (Wildman–Crippen LogP) is 2.09. The lowest BCUT2D eigenvalue weighted by atomic mass is 10.2. The minimum absolute atomic E-state index is 0.185. The highest BCUT2D eigenvalue weighted by atomic mass is 16.5. The molecule has 0 atom stereocenters. The lowest BCUT2D eigenvalue weighted by molar-refractivity contribution is -0.140. The van der Waals surface area contributed by atoms with Crippen molar-refractivity contribution in [3.63, 3.8) is 0 Å². The van der Waals surface area contributed by atoms with E-state index in [4.69, 9.17) is 9.47 Å². The first-order chi connectivity index (χ1) is 9.12. The number of carbonyl (C=O) groups is 1. The van der Waals surface area contributed by atoms with Crippen LogP contribution in [0.25, 0.3) is 0 Å². The molecule has 0 spiro atoms. The summed E-state index contributed by atoms with van der Waals surface area (Å²) in [5.74, 6) is 1.32. The van der Waals surface area contributed by atoms with Gasteiger partial charge < -0.3 is 19.1 Å². The highest BCUT2D eigenvalue weighted by Gasteiger charge is 2.10. The van der Waals surface area contributed by atoms with Gasteiger partial charge in [0.05, 0.1) is 27.0 Å². The van der Waals surface area contributed by atoms with Crippen molar-refractivity contribution in [2.45, 2.75) is 12.8 Å². The Balaban J connectivity index is 2.65. The molecule has 0 aliphatic rings. The van der Waals surface area contributed by atoms with Crippen LogP contribution in [0.2, 0.25) is 0 Å². The number of hydrogen-bond acceptors (Lipinski definition) is 5. The van der Waals surface area contributed by atoms with E-state index in [0.717, 1.165) is 30.2 Å². The highest BCUT2D eigenvalue weighted by molar-refractivity contribution is 5.69. The Labute approximate surface area is 114 Å². The molecule has 1 rings (SSSR count). The summed E-state index contributed by atoms with van der Waals surface area (Å²) in [5, 5.41) is 0. The second kappa shape index (κ2) is 7.51. The molecule has 0 unspecified atom stereocenters. The fraction of sp³-hybridized carbons (Fsp3) is 0.500. The van der Waals surface area contributed by atoms with E-state index in [-0.39, 0.29) is 5.97 Å². The predicted molar refractivity (Wildman–Crippen MR) is 74.1 cm³/mol. The Hall–Kier alpha value is -1.91. The molecule has 0 amide bonds. The first-order valence-electron chi connectivity index (χ1n) is 6.12. The van der Waals surface area contributed by atoms with Crippen molar-refractivity contribution in [3.8, 4) is 11.5 Å². The average Bonchev–Trinajstić information content (AvgIpc) is 2.45. The van der Waals surface area contributed by atoms with E-state index in [9.17, 15) is 4.79 Å². The number of ether oxygens (including phenoxy) is 3. The maximum absolute atomic E-state index is 11.1. The standard InChI is InChI=1S/C14H21NO4/c1-15(9-5-6-14(16)19-4)12-8-7-11(17-2)10-13(12)18-3/h7-8,10H,5-6,9H2,1-4H3. The molecule has 5 heteroatoms. The molecule has 1 aromatic rings. The van der Waals surface area contributed by atoms with Crippen molar-refractivity contribution in [2.75, 3.05) is 39.8 Å². The number of esters is 1. The number of benzene rings is 1. The van der Waals surface area contributed by atoms with Gasteiger partial charge in [-0.15, -0.1) is 0 Å². The number of methoxy groups -OCH3 is 3. The van der Waals surface area contributed by atoms with Crippen LogP contribution >= 0.6 is 0 Å². The summed E-state index contributed by atoms with van der Waals surface area (Å²) in [7, 11) is 6.61. The molecule has 0 aliphatic carbocycles. The van der Waals surface area contributed by atoms with Crippen LogP contribution in [-0.2, 0) is 9.53 Å². The van der Waals surface area contributed by atoms with Crippen LogP contribution in [-0.4, -0.2) is 40.9 Å². The zero-order chi connectivity index (χ0) is 14.3. The van der Waals surface area contributed by atoms with Gasteiger partial charge in [-0.3, -0.25) is 4.79 Å². The molecule has 5 nitrogen and oxygen atoms in total. The summed E-state index contributed by atoms with van der Waals surface area (Å²) in [6.07, 6.45) is 1.15. The van der Waals surface area contributed by atoms with Gasteiger partial charge in [0.1, 0.15) is 11.5 Å². The number of hydrogen-bond donors (Lipinski definition) is 0. The minimum Gasteiger partial charge on any atom is -0.497 e. The van der Waals surface area contributed by atoms with Gasteiger partial charge in [-0.05, 0) is 18.6 Å². The van der Waals surface area contributed by atoms with Crippen LogP contribution in [0.15, 0.2) is 18.2 Å². The van der Waals surface area contributed by atoms with Gasteiger partial charge in [0.2, 0.25) is 0 Å². The maximum Gasteiger partial charge on any atom is 0.305 e. The molecule has 0 saturated heterocycles. The topological polar surface area (TPSA) is 48.0 Å². The Kier molecular flexibility index (Phi) is 5.99. The second-order valence-electron chi connectivity index (χ2n) is 4.14. The highest BCUT2D eigenvalue weighted by Crippen LogP contribution is 2.31. The van der Waals surface area contributed by atoms with Crippen LogP contribution in [0.5, 0.6) is 11.5 Å². The van der Waals surface area contributed by atoms with Crippen LogP contribution in [0.3, 0.4) is 0 Å². The Morgan fingerprint density at radius 2 is 1.95 bits per heavy atom. The molecule has 0 bridgehead atoms. The van der Waals surface area contributed by atoms with Crippen molar-refractivity contribution in [1.82, 2.24) is 0 Å². The van der Waals surface area contributed by atoms with E-state index < -0.39 is 0 Å². The quantitative estimate of drug-likeness (QED) is 0.708. The Morgan fingerprint density at radius 3 is 2.53 bits per heavy atom. The van der Waals surface area contributed by atoms with Gasteiger partial charge in [0.25, 0.3) is 0 Å². The van der Waals surface area contributed by atoms with E-state index in [1.54, 1.807) is 14.2 Å². The van der Waals surface area contributed by atoms with Crippen molar-refractivity contribution < 1.29 is 19.0 Å². The number of carbonyl (C=O) groups excluding carboxylic acids is 1. The summed E-state index contributed by atoms with van der Waals surface area (Å²) in [6.45, 7) is 0.748. The number of nitrogens with zero attached hydrogens (tertiary/aromatic N) is 1. The third-order valence-corrected chi connectivity index (χ3v) is 2.90. The minimum atomic E-state index is -0.185. The van der Waals surface area contributed by atoms with Crippen LogP contribution in [0, 0.1) is 0 Å².